The van der Waals surface area contributed by atoms with Gasteiger partial charge in [-0.15, -0.1) is 11.3 Å². The molecule has 0 bridgehead atoms. The summed E-state index contributed by atoms with van der Waals surface area (Å²) in [6, 6.07) is 5.83. The Labute approximate surface area is 146 Å². The van der Waals surface area contributed by atoms with Gasteiger partial charge in [-0.05, 0) is 37.3 Å². The highest BCUT2D eigenvalue weighted by Crippen LogP contribution is 2.25. The minimum atomic E-state index is -0.335. The Morgan fingerprint density at radius 1 is 1.38 bits per heavy atom. The molecule has 0 saturated heterocycles. The predicted octanol–water partition coefficient (Wildman–Crippen LogP) is 4.08. The molecule has 0 aliphatic carbocycles. The second kappa shape index (κ2) is 6.94. The van der Waals surface area contributed by atoms with Gasteiger partial charge in [0.05, 0.1) is 11.4 Å². The van der Waals surface area contributed by atoms with Gasteiger partial charge in [0.2, 0.25) is 5.91 Å². The third-order valence-electron chi connectivity index (χ3n) is 3.18. The number of halogens is 2. The fourth-order valence-corrected chi connectivity index (χ4v) is 2.91. The molecular formula is C16H12ClFN4OS. The second-order valence-electron chi connectivity index (χ2n) is 4.84. The number of rotatable bonds is 4. The first-order chi connectivity index (χ1) is 11.5. The van der Waals surface area contributed by atoms with Crippen molar-refractivity contribution in [2.75, 3.05) is 5.32 Å². The maximum atomic E-state index is 13.0. The molecule has 0 saturated carbocycles. The molecule has 8 heteroatoms. The second-order valence-corrected chi connectivity index (χ2v) is 6.09. The van der Waals surface area contributed by atoms with Crippen molar-refractivity contribution in [3.8, 4) is 5.69 Å². The van der Waals surface area contributed by atoms with E-state index in [-0.39, 0.29) is 11.7 Å². The fourth-order valence-electron chi connectivity index (χ4n) is 2.05. The molecule has 0 aliphatic heterocycles. The average molecular weight is 363 g/mol. The zero-order valence-corrected chi connectivity index (χ0v) is 14.1. The summed E-state index contributed by atoms with van der Waals surface area (Å²) in [4.78, 5) is 15.9. The van der Waals surface area contributed by atoms with Gasteiger partial charge >= 0.3 is 0 Å². The molecule has 1 N–H and O–H groups in total. The number of nitrogens with zero attached hydrogens (tertiary/aromatic N) is 3. The Morgan fingerprint density at radius 2 is 2.12 bits per heavy atom. The van der Waals surface area contributed by atoms with Gasteiger partial charge in [-0.25, -0.2) is 14.1 Å². The number of hydrogen-bond donors (Lipinski definition) is 1. The molecule has 3 aromatic rings. The number of benzene rings is 1. The number of aromatic nitrogens is 3. The Morgan fingerprint density at radius 3 is 2.79 bits per heavy atom. The Hall–Kier alpha value is -2.51. The lowest BCUT2D eigenvalue weighted by atomic mass is 10.2. The molecule has 0 unspecified atom stereocenters. The molecule has 5 nitrogen and oxygen atoms in total. The van der Waals surface area contributed by atoms with E-state index in [1.54, 1.807) is 36.7 Å². The third kappa shape index (κ3) is 3.52. The molecule has 1 aromatic carbocycles. The van der Waals surface area contributed by atoms with Crippen molar-refractivity contribution in [2.45, 2.75) is 6.92 Å². The first-order valence-corrected chi connectivity index (χ1v) is 8.20. The van der Waals surface area contributed by atoms with Crippen molar-refractivity contribution >= 4 is 40.1 Å². The van der Waals surface area contributed by atoms with Gasteiger partial charge in [0.1, 0.15) is 11.0 Å². The summed E-state index contributed by atoms with van der Waals surface area (Å²) >= 11 is 7.68. The SMILES string of the molecule is Cc1nn(-c2ccc(F)cc2)c(Cl)c1C=CC(=O)Nc1nccs1. The Bertz CT molecular complexity index is 888. The average Bonchev–Trinajstić information content (AvgIpc) is 3.15. The quantitative estimate of drug-likeness (QED) is 0.711. The lowest BCUT2D eigenvalue weighted by molar-refractivity contribution is -0.111. The van der Waals surface area contributed by atoms with Gasteiger partial charge in [0.25, 0.3) is 0 Å². The minimum Gasteiger partial charge on any atom is -0.298 e. The number of nitrogens with one attached hydrogen (secondary N) is 1. The van der Waals surface area contributed by atoms with Crippen LogP contribution in [0.5, 0.6) is 0 Å². The van der Waals surface area contributed by atoms with Crippen LogP contribution in [0.3, 0.4) is 0 Å². The molecule has 0 radical (unpaired) electrons. The van der Waals surface area contributed by atoms with Crippen molar-refractivity contribution < 1.29 is 9.18 Å². The van der Waals surface area contributed by atoms with E-state index >= 15 is 0 Å². The highest BCUT2D eigenvalue weighted by molar-refractivity contribution is 7.13. The van der Waals surface area contributed by atoms with Crippen molar-refractivity contribution in [1.29, 1.82) is 0 Å². The van der Waals surface area contributed by atoms with Crippen molar-refractivity contribution in [3.63, 3.8) is 0 Å². The van der Waals surface area contributed by atoms with Crippen molar-refractivity contribution in [3.05, 3.63) is 64.1 Å². The molecular weight excluding hydrogens is 351 g/mol. The number of thiazole rings is 1. The molecule has 2 aromatic heterocycles. The van der Waals surface area contributed by atoms with E-state index in [1.807, 2.05) is 0 Å². The lowest BCUT2D eigenvalue weighted by Gasteiger charge is -2.02. The summed E-state index contributed by atoms with van der Waals surface area (Å²) < 4.78 is 14.5. The largest absolute Gasteiger partial charge is 0.298 e. The maximum absolute atomic E-state index is 13.0. The van der Waals surface area contributed by atoms with Gasteiger partial charge in [-0.1, -0.05) is 11.6 Å². The summed E-state index contributed by atoms with van der Waals surface area (Å²) in [6.45, 7) is 1.78. The summed E-state index contributed by atoms with van der Waals surface area (Å²) in [5.74, 6) is -0.646. The van der Waals surface area contributed by atoms with Crippen molar-refractivity contribution in [2.24, 2.45) is 0 Å². The van der Waals surface area contributed by atoms with E-state index in [0.29, 0.717) is 27.2 Å². The Balaban J connectivity index is 1.82. The highest BCUT2D eigenvalue weighted by Gasteiger charge is 2.13. The maximum Gasteiger partial charge on any atom is 0.250 e. The number of amides is 1. The highest BCUT2D eigenvalue weighted by atomic mass is 35.5. The van der Waals surface area contributed by atoms with Crippen LogP contribution in [0.15, 0.2) is 41.9 Å². The van der Waals surface area contributed by atoms with E-state index in [1.165, 1.54) is 34.2 Å². The van der Waals surface area contributed by atoms with Crippen LogP contribution in [0.2, 0.25) is 5.15 Å². The Kier molecular flexibility index (Phi) is 4.73. The molecule has 1 amide bonds. The summed E-state index contributed by atoms with van der Waals surface area (Å²) in [7, 11) is 0. The normalized spacial score (nSPS) is 11.1. The van der Waals surface area contributed by atoms with E-state index < -0.39 is 0 Å². The lowest BCUT2D eigenvalue weighted by Crippen LogP contribution is -2.07. The standard InChI is InChI=1S/C16H12ClFN4OS/c1-10-13(6-7-14(23)20-16-19-8-9-24-16)15(17)22(21-10)12-4-2-11(18)3-5-12/h2-9H,1H3,(H,19,20,23). The minimum absolute atomic E-state index is 0.310. The number of aryl methyl sites for hydroxylation is 1. The molecule has 2 heterocycles. The van der Waals surface area contributed by atoms with Crippen LogP contribution in [0, 0.1) is 12.7 Å². The van der Waals surface area contributed by atoms with Crippen molar-refractivity contribution in [1.82, 2.24) is 14.8 Å². The first kappa shape index (κ1) is 16.4. The third-order valence-corrected chi connectivity index (χ3v) is 4.24. The summed E-state index contributed by atoms with van der Waals surface area (Å²) in [6.07, 6.45) is 4.57. The van der Waals surface area contributed by atoms with Crippen LogP contribution < -0.4 is 5.32 Å². The van der Waals surface area contributed by atoms with Crippen LogP contribution in [-0.4, -0.2) is 20.7 Å². The molecule has 0 spiro atoms. The first-order valence-electron chi connectivity index (χ1n) is 6.94. The van der Waals surface area contributed by atoms with E-state index in [0.717, 1.165) is 0 Å². The molecule has 0 atom stereocenters. The van der Waals surface area contributed by atoms with Gasteiger partial charge in [0.15, 0.2) is 5.13 Å². The van der Waals surface area contributed by atoms with E-state index in [9.17, 15) is 9.18 Å². The smallest absolute Gasteiger partial charge is 0.250 e. The van der Waals surface area contributed by atoms with Gasteiger partial charge in [-0.2, -0.15) is 5.10 Å². The van der Waals surface area contributed by atoms with Gasteiger partial charge in [0, 0.05) is 23.2 Å². The molecule has 3 rings (SSSR count). The zero-order chi connectivity index (χ0) is 17.1. The number of hydrogen-bond acceptors (Lipinski definition) is 4. The van der Waals surface area contributed by atoms with Crippen LogP contribution in [0.4, 0.5) is 9.52 Å². The summed E-state index contributed by atoms with van der Waals surface area (Å²) in [5, 5.41) is 9.62. The van der Waals surface area contributed by atoms with Crippen LogP contribution in [-0.2, 0) is 4.79 Å². The van der Waals surface area contributed by atoms with Crippen LogP contribution >= 0.6 is 22.9 Å². The molecule has 24 heavy (non-hydrogen) atoms. The molecule has 122 valence electrons. The number of carbonyl (C=O) groups excluding carboxylic acids is 1. The van der Waals surface area contributed by atoms with Crippen LogP contribution in [0.1, 0.15) is 11.3 Å². The van der Waals surface area contributed by atoms with Gasteiger partial charge in [-0.3, -0.25) is 10.1 Å². The monoisotopic (exact) mass is 362 g/mol. The molecule has 0 aliphatic rings. The molecule has 0 fully saturated rings. The number of carbonyl (C=O) groups is 1. The van der Waals surface area contributed by atoms with Gasteiger partial charge < -0.3 is 0 Å². The van der Waals surface area contributed by atoms with E-state index in [4.69, 9.17) is 11.6 Å². The zero-order valence-electron chi connectivity index (χ0n) is 12.5. The van der Waals surface area contributed by atoms with Crippen LogP contribution in [0.25, 0.3) is 11.8 Å². The number of anilines is 1. The van der Waals surface area contributed by atoms with E-state index in [2.05, 4.69) is 15.4 Å². The summed E-state index contributed by atoms with van der Waals surface area (Å²) in [5.41, 5.74) is 1.91. The fraction of sp³-hybridized carbons (Fsp3) is 0.0625. The topological polar surface area (TPSA) is 59.8 Å². The predicted molar refractivity (Wildman–Crippen MR) is 93.0 cm³/mol.